The summed E-state index contributed by atoms with van der Waals surface area (Å²) in [7, 11) is 0. The van der Waals surface area contributed by atoms with E-state index in [1.54, 1.807) is 11.8 Å². The van der Waals surface area contributed by atoms with Crippen LogP contribution in [0.25, 0.3) is 0 Å². The van der Waals surface area contributed by atoms with Crippen LogP contribution in [0.15, 0.2) is 58.3 Å². The van der Waals surface area contributed by atoms with Crippen LogP contribution < -0.4 is 5.32 Å². The quantitative estimate of drug-likeness (QED) is 0.748. The standard InChI is InChI=1S/C19H21ClF2N2S/c20-14-5-7-15(8-6-14)25-18-4-2-1-3-16(18)17(13-19(21)22)24-11-9-23-10-12-24/h1-8,17,19,23H,9-13H2/t17-/m1/s1. The van der Waals surface area contributed by atoms with E-state index in [2.05, 4.69) is 10.2 Å². The summed E-state index contributed by atoms with van der Waals surface area (Å²) >= 11 is 7.55. The topological polar surface area (TPSA) is 15.3 Å². The lowest BCUT2D eigenvalue weighted by atomic mass is 10.0. The molecule has 134 valence electrons. The smallest absolute Gasteiger partial charge is 0.240 e. The van der Waals surface area contributed by atoms with Gasteiger partial charge < -0.3 is 5.32 Å². The van der Waals surface area contributed by atoms with Gasteiger partial charge in [0.15, 0.2) is 0 Å². The highest BCUT2D eigenvalue weighted by atomic mass is 35.5. The molecule has 0 unspecified atom stereocenters. The van der Waals surface area contributed by atoms with Crippen LogP contribution in [0, 0.1) is 0 Å². The number of halogens is 3. The number of nitrogens with zero attached hydrogens (tertiary/aromatic N) is 1. The van der Waals surface area contributed by atoms with E-state index in [9.17, 15) is 8.78 Å². The molecule has 0 saturated carbocycles. The molecule has 2 aromatic carbocycles. The van der Waals surface area contributed by atoms with E-state index in [-0.39, 0.29) is 12.5 Å². The molecule has 2 aromatic rings. The lowest BCUT2D eigenvalue weighted by Crippen LogP contribution is -2.45. The fraction of sp³-hybridized carbons (Fsp3) is 0.368. The van der Waals surface area contributed by atoms with Crippen molar-refractivity contribution in [2.24, 2.45) is 0 Å². The molecular formula is C19H21ClF2N2S. The maximum absolute atomic E-state index is 13.3. The van der Waals surface area contributed by atoms with E-state index in [1.807, 2.05) is 48.5 Å². The van der Waals surface area contributed by atoms with Crippen LogP contribution in [-0.2, 0) is 0 Å². The van der Waals surface area contributed by atoms with Gasteiger partial charge in [0.2, 0.25) is 6.43 Å². The SMILES string of the molecule is FC(F)C[C@H](c1ccccc1Sc1ccc(Cl)cc1)N1CCNCC1. The van der Waals surface area contributed by atoms with Crippen molar-refractivity contribution >= 4 is 23.4 Å². The van der Waals surface area contributed by atoms with E-state index in [4.69, 9.17) is 11.6 Å². The van der Waals surface area contributed by atoms with Gasteiger partial charge in [0.1, 0.15) is 0 Å². The normalized spacial score (nSPS) is 17.0. The third-order valence-corrected chi connectivity index (χ3v) is 5.66. The van der Waals surface area contributed by atoms with Gasteiger partial charge in [-0.3, -0.25) is 4.90 Å². The maximum atomic E-state index is 13.3. The number of rotatable bonds is 6. The van der Waals surface area contributed by atoms with E-state index >= 15 is 0 Å². The second kappa shape index (κ2) is 8.99. The molecule has 3 rings (SSSR count). The van der Waals surface area contributed by atoms with Crippen LogP contribution in [0.5, 0.6) is 0 Å². The van der Waals surface area contributed by atoms with Crippen LogP contribution in [0.4, 0.5) is 8.78 Å². The number of hydrogen-bond donors (Lipinski definition) is 1. The summed E-state index contributed by atoms with van der Waals surface area (Å²) in [6.07, 6.45) is -2.47. The molecule has 2 nitrogen and oxygen atoms in total. The first-order valence-corrected chi connectivity index (χ1v) is 9.58. The van der Waals surface area contributed by atoms with Crippen molar-refractivity contribution in [3.63, 3.8) is 0 Å². The zero-order chi connectivity index (χ0) is 17.6. The Bertz CT molecular complexity index is 675. The highest BCUT2D eigenvalue weighted by Gasteiger charge is 2.27. The van der Waals surface area contributed by atoms with Crippen LogP contribution in [0.1, 0.15) is 18.0 Å². The van der Waals surface area contributed by atoms with Gasteiger partial charge in [-0.25, -0.2) is 8.78 Å². The highest BCUT2D eigenvalue weighted by Crippen LogP contribution is 2.38. The summed E-state index contributed by atoms with van der Waals surface area (Å²) in [5, 5.41) is 3.98. The summed E-state index contributed by atoms with van der Waals surface area (Å²) in [5.41, 5.74) is 0.977. The number of hydrogen-bond acceptors (Lipinski definition) is 3. The molecule has 25 heavy (non-hydrogen) atoms. The van der Waals surface area contributed by atoms with Crippen molar-refractivity contribution in [1.82, 2.24) is 10.2 Å². The summed E-state index contributed by atoms with van der Waals surface area (Å²) in [6.45, 7) is 3.26. The van der Waals surface area contributed by atoms with Gasteiger partial charge in [-0.05, 0) is 35.9 Å². The van der Waals surface area contributed by atoms with E-state index in [1.165, 1.54) is 0 Å². The van der Waals surface area contributed by atoms with Gasteiger partial charge in [-0.15, -0.1) is 0 Å². The summed E-state index contributed by atoms with van der Waals surface area (Å²) < 4.78 is 26.5. The first kappa shape index (κ1) is 18.6. The molecule has 1 atom stereocenters. The fourth-order valence-electron chi connectivity index (χ4n) is 3.11. The zero-order valence-corrected chi connectivity index (χ0v) is 15.4. The third-order valence-electron chi connectivity index (χ3n) is 4.31. The first-order valence-electron chi connectivity index (χ1n) is 8.39. The van der Waals surface area contributed by atoms with E-state index < -0.39 is 6.43 Å². The molecule has 0 aliphatic carbocycles. The van der Waals surface area contributed by atoms with Crippen LogP contribution in [0.3, 0.4) is 0 Å². The van der Waals surface area contributed by atoms with Crippen molar-refractivity contribution in [2.75, 3.05) is 26.2 Å². The molecule has 0 amide bonds. The summed E-state index contributed by atoms with van der Waals surface area (Å²) in [6, 6.07) is 15.2. The molecule has 0 aromatic heterocycles. The number of benzene rings is 2. The van der Waals surface area contributed by atoms with Crippen molar-refractivity contribution < 1.29 is 8.78 Å². The minimum atomic E-state index is -2.33. The van der Waals surface area contributed by atoms with Crippen molar-refractivity contribution in [2.45, 2.75) is 28.7 Å². The van der Waals surface area contributed by atoms with E-state index in [0.29, 0.717) is 5.02 Å². The molecule has 0 radical (unpaired) electrons. The minimum absolute atomic E-state index is 0.141. The lowest BCUT2D eigenvalue weighted by molar-refractivity contribution is 0.0729. The number of nitrogens with one attached hydrogen (secondary N) is 1. The number of piperazine rings is 1. The molecule has 1 aliphatic rings. The van der Waals surface area contributed by atoms with Crippen molar-refractivity contribution in [3.05, 3.63) is 59.1 Å². The molecule has 1 N–H and O–H groups in total. The molecule has 0 spiro atoms. The predicted molar refractivity (Wildman–Crippen MR) is 99.8 cm³/mol. The monoisotopic (exact) mass is 382 g/mol. The lowest BCUT2D eigenvalue weighted by Gasteiger charge is -2.36. The molecule has 1 saturated heterocycles. The average Bonchev–Trinajstić information content (AvgIpc) is 2.63. The van der Waals surface area contributed by atoms with Gasteiger partial charge in [0.05, 0.1) is 0 Å². The highest BCUT2D eigenvalue weighted by molar-refractivity contribution is 7.99. The Balaban J connectivity index is 1.88. The Kier molecular flexibility index (Phi) is 6.70. The van der Waals surface area contributed by atoms with Crippen LogP contribution in [0.2, 0.25) is 5.02 Å². The second-order valence-electron chi connectivity index (χ2n) is 6.02. The number of alkyl halides is 2. The minimum Gasteiger partial charge on any atom is -0.314 e. The Morgan fingerprint density at radius 2 is 1.72 bits per heavy atom. The fourth-order valence-corrected chi connectivity index (χ4v) is 4.23. The molecule has 1 heterocycles. The Labute approximate surface area is 156 Å². The summed E-state index contributed by atoms with van der Waals surface area (Å²) in [5.74, 6) is 0. The Morgan fingerprint density at radius 3 is 2.40 bits per heavy atom. The maximum Gasteiger partial charge on any atom is 0.240 e. The molecule has 1 aliphatic heterocycles. The van der Waals surface area contributed by atoms with Crippen molar-refractivity contribution in [1.29, 1.82) is 0 Å². The molecule has 1 fully saturated rings. The van der Waals surface area contributed by atoms with Gasteiger partial charge in [0, 0.05) is 53.5 Å². The Morgan fingerprint density at radius 1 is 1.04 bits per heavy atom. The Hall–Kier alpha value is -1.14. The van der Waals surface area contributed by atoms with Crippen LogP contribution in [-0.4, -0.2) is 37.5 Å². The van der Waals surface area contributed by atoms with Crippen molar-refractivity contribution in [3.8, 4) is 0 Å². The van der Waals surface area contributed by atoms with Gasteiger partial charge in [-0.2, -0.15) is 0 Å². The zero-order valence-electron chi connectivity index (χ0n) is 13.8. The largest absolute Gasteiger partial charge is 0.314 e. The molecule has 0 bridgehead atoms. The first-order chi connectivity index (χ1) is 12.1. The predicted octanol–water partition coefficient (Wildman–Crippen LogP) is 5.09. The summed E-state index contributed by atoms with van der Waals surface area (Å²) in [4.78, 5) is 4.24. The van der Waals surface area contributed by atoms with Gasteiger partial charge >= 0.3 is 0 Å². The second-order valence-corrected chi connectivity index (χ2v) is 7.57. The van der Waals surface area contributed by atoms with Gasteiger partial charge in [0.25, 0.3) is 0 Å². The molecule has 6 heteroatoms. The molecular weight excluding hydrogens is 362 g/mol. The van der Waals surface area contributed by atoms with Crippen LogP contribution >= 0.6 is 23.4 Å². The van der Waals surface area contributed by atoms with E-state index in [0.717, 1.165) is 41.5 Å². The third kappa shape index (κ3) is 5.17. The average molecular weight is 383 g/mol. The van der Waals surface area contributed by atoms with Gasteiger partial charge in [-0.1, -0.05) is 41.6 Å².